The Hall–Kier alpha value is -3.50. The number of primary sulfonamides is 1. The van der Waals surface area contributed by atoms with Crippen molar-refractivity contribution in [2.45, 2.75) is 17.9 Å². The number of rotatable bonds is 5. The second-order valence-corrected chi connectivity index (χ2v) is 7.76. The van der Waals surface area contributed by atoms with Gasteiger partial charge in [0.15, 0.2) is 6.10 Å². The van der Waals surface area contributed by atoms with Gasteiger partial charge in [-0.05, 0) is 37.3 Å². The summed E-state index contributed by atoms with van der Waals surface area (Å²) in [4.78, 5) is 39.1. The van der Waals surface area contributed by atoms with Crippen LogP contribution in [-0.2, 0) is 19.6 Å². The van der Waals surface area contributed by atoms with Crippen LogP contribution in [0, 0.1) is 0 Å². The van der Waals surface area contributed by atoms with E-state index in [1.54, 1.807) is 24.3 Å². The van der Waals surface area contributed by atoms with Gasteiger partial charge in [0.1, 0.15) is 0 Å². The third kappa shape index (κ3) is 4.68. The lowest BCUT2D eigenvalue weighted by molar-refractivity contribution is -0.123. The molecule has 10 heteroatoms. The van der Waals surface area contributed by atoms with Gasteiger partial charge in [-0.2, -0.15) is 0 Å². The predicted molar refractivity (Wildman–Crippen MR) is 106 cm³/mol. The SMILES string of the molecule is C[C@@H](OC(=O)c1cc(=O)[nH]c2ccccc12)C(=O)Nc1ccc(S(N)(=O)=O)cc1. The van der Waals surface area contributed by atoms with Crippen LogP contribution in [0.15, 0.2) is 64.3 Å². The number of nitrogens with one attached hydrogen (secondary N) is 2. The first kappa shape index (κ1) is 20.2. The maximum absolute atomic E-state index is 12.5. The summed E-state index contributed by atoms with van der Waals surface area (Å²) in [6.07, 6.45) is -1.17. The summed E-state index contributed by atoms with van der Waals surface area (Å²) >= 11 is 0. The third-order valence-corrected chi connectivity index (χ3v) is 5.00. The molecule has 1 amide bonds. The third-order valence-electron chi connectivity index (χ3n) is 4.07. The minimum atomic E-state index is -3.84. The van der Waals surface area contributed by atoms with Gasteiger partial charge in [0, 0.05) is 22.7 Å². The highest BCUT2D eigenvalue weighted by atomic mass is 32.2. The molecule has 0 aliphatic carbocycles. The summed E-state index contributed by atoms with van der Waals surface area (Å²) in [5.74, 6) is -1.45. The number of pyridine rings is 1. The quantitative estimate of drug-likeness (QED) is 0.536. The highest BCUT2D eigenvalue weighted by Gasteiger charge is 2.21. The van der Waals surface area contributed by atoms with Crippen LogP contribution in [0.25, 0.3) is 10.9 Å². The number of hydrogen-bond acceptors (Lipinski definition) is 6. The fourth-order valence-electron chi connectivity index (χ4n) is 2.62. The van der Waals surface area contributed by atoms with E-state index in [-0.39, 0.29) is 10.5 Å². The number of carbonyl (C=O) groups excluding carboxylic acids is 2. The largest absolute Gasteiger partial charge is 0.449 e. The minimum Gasteiger partial charge on any atom is -0.449 e. The first-order chi connectivity index (χ1) is 13.6. The van der Waals surface area contributed by atoms with Gasteiger partial charge >= 0.3 is 5.97 Å². The van der Waals surface area contributed by atoms with Gasteiger partial charge < -0.3 is 15.0 Å². The smallest absolute Gasteiger partial charge is 0.339 e. The number of ether oxygens (including phenoxy) is 1. The van der Waals surface area contributed by atoms with Crippen molar-refractivity contribution in [1.29, 1.82) is 0 Å². The van der Waals surface area contributed by atoms with Crippen molar-refractivity contribution in [3.63, 3.8) is 0 Å². The number of aromatic amines is 1. The number of hydrogen-bond donors (Lipinski definition) is 3. The van der Waals surface area contributed by atoms with Crippen molar-refractivity contribution in [2.75, 3.05) is 5.32 Å². The fourth-order valence-corrected chi connectivity index (χ4v) is 3.14. The first-order valence-corrected chi connectivity index (χ1v) is 9.96. The number of benzene rings is 2. The Labute approximate surface area is 165 Å². The highest BCUT2D eigenvalue weighted by Crippen LogP contribution is 2.17. The van der Waals surface area contributed by atoms with Crippen molar-refractivity contribution in [2.24, 2.45) is 5.14 Å². The Balaban J connectivity index is 1.73. The maximum atomic E-state index is 12.5. The van der Waals surface area contributed by atoms with Crippen molar-refractivity contribution < 1.29 is 22.7 Å². The van der Waals surface area contributed by atoms with E-state index in [1.807, 2.05) is 0 Å². The lowest BCUT2D eigenvalue weighted by Crippen LogP contribution is -2.30. The van der Waals surface area contributed by atoms with Crippen LogP contribution in [0.1, 0.15) is 17.3 Å². The van der Waals surface area contributed by atoms with E-state index in [0.29, 0.717) is 16.6 Å². The van der Waals surface area contributed by atoms with Crippen molar-refractivity contribution in [3.05, 3.63) is 70.5 Å². The van der Waals surface area contributed by atoms with Gasteiger partial charge in [0.25, 0.3) is 5.91 Å². The Bertz CT molecular complexity index is 1250. The second kappa shape index (κ2) is 7.86. The van der Waals surface area contributed by atoms with Crippen LogP contribution in [0.3, 0.4) is 0 Å². The summed E-state index contributed by atoms with van der Waals surface area (Å²) in [5, 5.41) is 8.01. The van der Waals surface area contributed by atoms with E-state index in [9.17, 15) is 22.8 Å². The van der Waals surface area contributed by atoms with Crippen molar-refractivity contribution in [3.8, 4) is 0 Å². The molecule has 3 aromatic rings. The van der Waals surface area contributed by atoms with Crippen LogP contribution in [0.5, 0.6) is 0 Å². The monoisotopic (exact) mass is 415 g/mol. The lowest BCUT2D eigenvalue weighted by Gasteiger charge is -2.14. The Morgan fingerprint density at radius 1 is 1.10 bits per heavy atom. The number of esters is 1. The molecule has 0 bridgehead atoms. The molecule has 0 aliphatic rings. The number of amides is 1. The molecule has 0 saturated heterocycles. The molecule has 2 aromatic carbocycles. The van der Waals surface area contributed by atoms with Crippen LogP contribution in [-0.4, -0.2) is 31.4 Å². The molecule has 1 heterocycles. The molecule has 1 aromatic heterocycles. The standard InChI is InChI=1S/C19H17N3O6S/c1-11(18(24)21-12-6-8-13(9-7-12)29(20,26)27)28-19(25)15-10-17(23)22-16-5-3-2-4-14(15)16/h2-11H,1H3,(H,21,24)(H,22,23)(H2,20,26,27)/t11-/m1/s1. The highest BCUT2D eigenvalue weighted by molar-refractivity contribution is 7.89. The van der Waals surface area contributed by atoms with Crippen LogP contribution in [0.2, 0.25) is 0 Å². The predicted octanol–water partition coefficient (Wildman–Crippen LogP) is 1.36. The first-order valence-electron chi connectivity index (χ1n) is 8.42. The number of sulfonamides is 1. The van der Waals surface area contributed by atoms with E-state index in [0.717, 1.165) is 6.07 Å². The van der Waals surface area contributed by atoms with E-state index >= 15 is 0 Å². The summed E-state index contributed by atoms with van der Waals surface area (Å²) in [6.45, 7) is 1.38. The summed E-state index contributed by atoms with van der Waals surface area (Å²) in [6, 6.07) is 13.0. The number of nitrogens with two attached hydrogens (primary N) is 1. The van der Waals surface area contributed by atoms with Crippen LogP contribution in [0.4, 0.5) is 5.69 Å². The van der Waals surface area contributed by atoms with E-state index in [1.165, 1.54) is 31.2 Å². The van der Waals surface area contributed by atoms with Gasteiger partial charge in [0.05, 0.1) is 10.5 Å². The molecule has 4 N–H and O–H groups in total. The molecule has 3 rings (SSSR count). The van der Waals surface area contributed by atoms with Gasteiger partial charge in [0.2, 0.25) is 15.6 Å². The van der Waals surface area contributed by atoms with Gasteiger partial charge in [-0.25, -0.2) is 18.4 Å². The second-order valence-electron chi connectivity index (χ2n) is 6.20. The van der Waals surface area contributed by atoms with Gasteiger partial charge in [-0.3, -0.25) is 9.59 Å². The molecule has 9 nitrogen and oxygen atoms in total. The molecule has 0 fully saturated rings. The lowest BCUT2D eigenvalue weighted by atomic mass is 10.1. The van der Waals surface area contributed by atoms with Crippen LogP contribution >= 0.6 is 0 Å². The zero-order valence-electron chi connectivity index (χ0n) is 15.2. The van der Waals surface area contributed by atoms with Crippen LogP contribution < -0.4 is 16.0 Å². The average Bonchev–Trinajstić information content (AvgIpc) is 2.66. The van der Waals surface area contributed by atoms with E-state index in [4.69, 9.17) is 9.88 Å². The number of carbonyl (C=O) groups is 2. The van der Waals surface area contributed by atoms with Gasteiger partial charge in [-0.15, -0.1) is 0 Å². The summed E-state index contributed by atoms with van der Waals surface area (Å²) in [5.41, 5.74) is 0.343. The molecule has 1 atom stereocenters. The number of anilines is 1. The fraction of sp³-hybridized carbons (Fsp3) is 0.105. The average molecular weight is 415 g/mol. The molecular weight excluding hydrogens is 398 g/mol. The molecule has 0 unspecified atom stereocenters. The minimum absolute atomic E-state index is 0.0431. The molecule has 0 saturated carbocycles. The van der Waals surface area contributed by atoms with Gasteiger partial charge in [-0.1, -0.05) is 18.2 Å². The number of H-pyrrole nitrogens is 1. The normalized spacial score (nSPS) is 12.3. The molecule has 0 spiro atoms. The van der Waals surface area contributed by atoms with Crippen molar-refractivity contribution in [1.82, 2.24) is 4.98 Å². The number of para-hydroxylation sites is 1. The van der Waals surface area contributed by atoms with E-state index in [2.05, 4.69) is 10.3 Å². The zero-order valence-corrected chi connectivity index (χ0v) is 16.0. The molecule has 0 radical (unpaired) electrons. The number of fused-ring (bicyclic) bond motifs is 1. The summed E-state index contributed by atoms with van der Waals surface area (Å²) in [7, 11) is -3.84. The molecule has 29 heavy (non-hydrogen) atoms. The Kier molecular flexibility index (Phi) is 5.48. The number of aromatic nitrogens is 1. The zero-order chi connectivity index (χ0) is 21.2. The molecule has 0 aliphatic heterocycles. The Morgan fingerprint density at radius 2 is 1.76 bits per heavy atom. The molecule has 150 valence electrons. The Morgan fingerprint density at radius 3 is 2.41 bits per heavy atom. The topological polar surface area (TPSA) is 148 Å². The maximum Gasteiger partial charge on any atom is 0.339 e. The van der Waals surface area contributed by atoms with Crippen molar-refractivity contribution >= 4 is 38.5 Å². The summed E-state index contributed by atoms with van der Waals surface area (Å²) < 4.78 is 27.7. The molecular formula is C19H17N3O6S. The van der Waals surface area contributed by atoms with E-state index < -0.39 is 33.6 Å².